The molecule has 0 amide bonds. The maximum atomic E-state index is 11.7. The molecular formula is C8H15NO7S3. The Labute approximate surface area is 119 Å². The zero-order chi connectivity index (χ0) is 14.6. The minimum Gasteiger partial charge on any atom is -0.375 e. The molecule has 0 aromatic rings. The quantitative estimate of drug-likeness (QED) is 0.286. The standard InChI is InChI=1S/C8H15NO7S3/c10-6-1-2-7(11)9(6)16-8(12)5(3-4-18-17)19(13,14)15/h5-7,10-11,17H,1-4H2,(H,13,14,15)/t5?,6-,7+. The Kier molecular flexibility index (Phi) is 6.36. The van der Waals surface area contributed by atoms with Gasteiger partial charge in [0.15, 0.2) is 5.25 Å². The van der Waals surface area contributed by atoms with E-state index in [4.69, 9.17) is 4.55 Å². The van der Waals surface area contributed by atoms with Crippen molar-refractivity contribution in [3.05, 3.63) is 0 Å². The molecule has 0 spiro atoms. The van der Waals surface area contributed by atoms with Crippen molar-refractivity contribution >= 4 is 38.5 Å². The summed E-state index contributed by atoms with van der Waals surface area (Å²) < 4.78 is 31.2. The summed E-state index contributed by atoms with van der Waals surface area (Å²) >= 11 is 3.80. The first-order chi connectivity index (χ1) is 8.77. The normalized spacial score (nSPS) is 26.3. The molecule has 0 aliphatic carbocycles. The highest BCUT2D eigenvalue weighted by Gasteiger charge is 2.39. The number of nitrogens with zero attached hydrogens (tertiary/aromatic N) is 1. The lowest BCUT2D eigenvalue weighted by Gasteiger charge is -2.23. The SMILES string of the molecule is O=C(ON1[C@H](O)CC[C@@H]1O)C(CCSS)S(=O)(=O)O. The molecule has 1 unspecified atom stereocenters. The van der Waals surface area contributed by atoms with Gasteiger partial charge in [-0.1, -0.05) is 15.9 Å². The summed E-state index contributed by atoms with van der Waals surface area (Å²) in [5.74, 6) is -1.04. The number of rotatable bonds is 6. The molecule has 1 aliphatic rings. The molecule has 1 aliphatic heterocycles. The van der Waals surface area contributed by atoms with E-state index in [1.807, 2.05) is 0 Å². The topological polar surface area (TPSA) is 124 Å². The van der Waals surface area contributed by atoms with E-state index in [-0.39, 0.29) is 25.0 Å². The number of hydrogen-bond acceptors (Lipinski definition) is 9. The molecule has 1 rings (SSSR count). The van der Waals surface area contributed by atoms with Crippen molar-refractivity contribution in [2.45, 2.75) is 37.0 Å². The molecular weight excluding hydrogens is 318 g/mol. The molecule has 11 heteroatoms. The second-order valence-corrected chi connectivity index (χ2v) is 6.97. The Balaban J connectivity index is 2.72. The molecule has 8 nitrogen and oxygen atoms in total. The Morgan fingerprint density at radius 2 is 1.95 bits per heavy atom. The molecule has 19 heavy (non-hydrogen) atoms. The highest BCUT2D eigenvalue weighted by molar-refractivity contribution is 8.68. The molecule has 3 atom stereocenters. The van der Waals surface area contributed by atoms with Gasteiger partial charge in [0.2, 0.25) is 0 Å². The Bertz CT molecular complexity index is 405. The molecule has 0 radical (unpaired) electrons. The lowest BCUT2D eigenvalue weighted by atomic mass is 10.3. The van der Waals surface area contributed by atoms with Crippen molar-refractivity contribution in [1.29, 1.82) is 0 Å². The van der Waals surface area contributed by atoms with Gasteiger partial charge in [0.25, 0.3) is 10.1 Å². The summed E-state index contributed by atoms with van der Waals surface area (Å²) in [6.07, 6.45) is -2.19. The van der Waals surface area contributed by atoms with Crippen LogP contribution in [0.25, 0.3) is 0 Å². The number of aliphatic hydroxyl groups excluding tert-OH is 2. The van der Waals surface area contributed by atoms with Gasteiger partial charge in [-0.25, -0.2) is 4.79 Å². The molecule has 3 N–H and O–H groups in total. The third-order valence-corrected chi connectivity index (χ3v) is 4.67. The first kappa shape index (κ1) is 17.0. The smallest absolute Gasteiger partial charge is 0.345 e. The van der Waals surface area contributed by atoms with E-state index in [0.717, 1.165) is 10.8 Å². The van der Waals surface area contributed by atoms with Crippen LogP contribution in [-0.4, -0.2) is 57.7 Å². The molecule has 1 heterocycles. The van der Waals surface area contributed by atoms with E-state index in [1.165, 1.54) is 0 Å². The van der Waals surface area contributed by atoms with Crippen LogP contribution in [0.4, 0.5) is 0 Å². The Hall–Kier alpha value is -0.0400. The first-order valence-electron chi connectivity index (χ1n) is 5.36. The van der Waals surface area contributed by atoms with Crippen LogP contribution < -0.4 is 0 Å². The highest BCUT2D eigenvalue weighted by Crippen LogP contribution is 2.22. The van der Waals surface area contributed by atoms with Gasteiger partial charge in [-0.2, -0.15) is 8.42 Å². The maximum Gasteiger partial charge on any atom is 0.345 e. The van der Waals surface area contributed by atoms with E-state index >= 15 is 0 Å². The fourth-order valence-corrected chi connectivity index (χ4v) is 3.09. The summed E-state index contributed by atoms with van der Waals surface area (Å²) in [6, 6.07) is 0. The zero-order valence-electron chi connectivity index (χ0n) is 9.75. The van der Waals surface area contributed by atoms with Gasteiger partial charge in [0.1, 0.15) is 12.5 Å². The van der Waals surface area contributed by atoms with Crippen LogP contribution in [0.1, 0.15) is 19.3 Å². The van der Waals surface area contributed by atoms with Gasteiger partial charge in [-0.3, -0.25) is 4.55 Å². The molecule has 112 valence electrons. The molecule has 0 aromatic carbocycles. The fourth-order valence-electron chi connectivity index (χ4n) is 1.58. The third kappa shape index (κ3) is 4.77. The number of carbonyl (C=O) groups is 1. The maximum absolute atomic E-state index is 11.7. The van der Waals surface area contributed by atoms with Crippen molar-refractivity contribution < 1.29 is 32.8 Å². The number of aliphatic hydroxyl groups is 2. The Morgan fingerprint density at radius 3 is 2.37 bits per heavy atom. The predicted octanol–water partition coefficient (Wildman–Crippen LogP) is -0.598. The minimum atomic E-state index is -4.62. The van der Waals surface area contributed by atoms with E-state index in [2.05, 4.69) is 16.5 Å². The van der Waals surface area contributed by atoms with Gasteiger partial charge >= 0.3 is 5.97 Å². The average molecular weight is 333 g/mol. The second kappa shape index (κ2) is 7.11. The van der Waals surface area contributed by atoms with Gasteiger partial charge < -0.3 is 15.1 Å². The van der Waals surface area contributed by atoms with Crippen LogP contribution in [-0.2, 0) is 19.8 Å². The average Bonchev–Trinajstić information content (AvgIpc) is 2.59. The van der Waals surface area contributed by atoms with E-state index in [1.54, 1.807) is 0 Å². The van der Waals surface area contributed by atoms with E-state index in [9.17, 15) is 23.4 Å². The number of carbonyl (C=O) groups excluding carboxylic acids is 1. The summed E-state index contributed by atoms with van der Waals surface area (Å²) in [6.45, 7) is 0. The molecule has 0 saturated carbocycles. The number of hydroxylamine groups is 2. The predicted molar refractivity (Wildman–Crippen MR) is 70.6 cm³/mol. The first-order valence-corrected chi connectivity index (χ1v) is 8.90. The van der Waals surface area contributed by atoms with E-state index in [0.29, 0.717) is 5.06 Å². The van der Waals surface area contributed by atoms with Crippen LogP contribution in [0.15, 0.2) is 0 Å². The van der Waals surface area contributed by atoms with Crippen LogP contribution in [0.3, 0.4) is 0 Å². The van der Waals surface area contributed by atoms with Crippen LogP contribution in [0.5, 0.6) is 0 Å². The van der Waals surface area contributed by atoms with Gasteiger partial charge in [0.05, 0.1) is 0 Å². The van der Waals surface area contributed by atoms with Gasteiger partial charge in [-0.15, -0.1) is 11.7 Å². The van der Waals surface area contributed by atoms with Crippen molar-refractivity contribution in [1.82, 2.24) is 5.06 Å². The van der Waals surface area contributed by atoms with E-state index < -0.39 is 33.8 Å². The molecule has 1 saturated heterocycles. The van der Waals surface area contributed by atoms with Crippen LogP contribution in [0, 0.1) is 0 Å². The zero-order valence-corrected chi connectivity index (χ0v) is 12.3. The van der Waals surface area contributed by atoms with Crippen LogP contribution >= 0.6 is 22.5 Å². The van der Waals surface area contributed by atoms with Crippen molar-refractivity contribution in [2.24, 2.45) is 0 Å². The van der Waals surface area contributed by atoms with Crippen molar-refractivity contribution in [3.63, 3.8) is 0 Å². The molecule has 0 bridgehead atoms. The monoisotopic (exact) mass is 333 g/mol. The third-order valence-electron chi connectivity index (χ3n) is 2.56. The molecule has 1 fully saturated rings. The number of hydrogen-bond donors (Lipinski definition) is 4. The van der Waals surface area contributed by atoms with Crippen LogP contribution in [0.2, 0.25) is 0 Å². The summed E-state index contributed by atoms with van der Waals surface area (Å²) in [4.78, 5) is 16.3. The fraction of sp³-hybridized carbons (Fsp3) is 0.875. The van der Waals surface area contributed by atoms with Gasteiger partial charge in [-0.05, 0) is 19.3 Å². The van der Waals surface area contributed by atoms with Crippen molar-refractivity contribution in [3.8, 4) is 0 Å². The summed E-state index contributed by atoms with van der Waals surface area (Å²) in [5.41, 5.74) is 0. The summed E-state index contributed by atoms with van der Waals surface area (Å²) in [7, 11) is -3.62. The van der Waals surface area contributed by atoms with Crippen molar-refractivity contribution in [2.75, 3.05) is 5.75 Å². The molecule has 0 aromatic heterocycles. The summed E-state index contributed by atoms with van der Waals surface area (Å²) in [5, 5.41) is 17.7. The Morgan fingerprint density at radius 1 is 1.42 bits per heavy atom. The second-order valence-electron chi connectivity index (χ2n) is 3.93. The highest BCUT2D eigenvalue weighted by atomic mass is 33.1. The van der Waals surface area contributed by atoms with Gasteiger partial charge in [0, 0.05) is 5.75 Å². The largest absolute Gasteiger partial charge is 0.375 e. The number of thiol groups is 1. The lowest BCUT2D eigenvalue weighted by Crippen LogP contribution is -2.42. The lowest BCUT2D eigenvalue weighted by molar-refractivity contribution is -0.261. The minimum absolute atomic E-state index is 0.189.